The van der Waals surface area contributed by atoms with Crippen molar-refractivity contribution < 1.29 is 9.47 Å². The Balaban J connectivity index is 1.95. The summed E-state index contributed by atoms with van der Waals surface area (Å²) in [5.41, 5.74) is 0.707. The summed E-state index contributed by atoms with van der Waals surface area (Å²) in [5.74, 6) is 0. The number of rotatable bonds is 4. The van der Waals surface area contributed by atoms with Gasteiger partial charge in [0, 0.05) is 33.1 Å². The van der Waals surface area contributed by atoms with E-state index in [0.29, 0.717) is 13.0 Å². The van der Waals surface area contributed by atoms with Gasteiger partial charge in [-0.3, -0.25) is 4.79 Å². The van der Waals surface area contributed by atoms with Gasteiger partial charge < -0.3 is 14.4 Å². The Kier molecular flexibility index (Phi) is 4.33. The molecule has 1 aromatic heterocycles. The van der Waals surface area contributed by atoms with Crippen LogP contribution in [-0.2, 0) is 16.0 Å². The predicted molar refractivity (Wildman–Crippen MR) is 67.8 cm³/mol. The van der Waals surface area contributed by atoms with E-state index in [9.17, 15) is 4.79 Å². The molecule has 0 aliphatic carbocycles. The lowest BCUT2D eigenvalue weighted by molar-refractivity contribution is -0.182. The Morgan fingerprint density at radius 1 is 1.44 bits per heavy atom. The van der Waals surface area contributed by atoms with Crippen molar-refractivity contribution in [3.8, 4) is 0 Å². The van der Waals surface area contributed by atoms with Crippen LogP contribution in [-0.4, -0.2) is 43.4 Å². The zero-order chi connectivity index (χ0) is 13.0. The van der Waals surface area contributed by atoms with Crippen LogP contribution in [0.25, 0.3) is 0 Å². The summed E-state index contributed by atoms with van der Waals surface area (Å²) in [4.78, 5) is 13.7. The zero-order valence-corrected chi connectivity index (χ0v) is 10.8. The van der Waals surface area contributed by atoms with Gasteiger partial charge in [-0.25, -0.2) is 4.68 Å². The smallest absolute Gasteiger partial charge is 0.268 e. The van der Waals surface area contributed by atoms with E-state index in [4.69, 9.17) is 9.47 Å². The minimum atomic E-state index is -0.207. The molecule has 100 valence electrons. The Hall–Kier alpha value is -1.40. The Morgan fingerprint density at radius 3 is 2.78 bits per heavy atom. The van der Waals surface area contributed by atoms with Crippen molar-refractivity contribution in [2.45, 2.75) is 25.7 Å². The van der Waals surface area contributed by atoms with Gasteiger partial charge in [0.25, 0.3) is 5.56 Å². The van der Waals surface area contributed by atoms with Crippen LogP contribution in [0, 0.1) is 0 Å². The van der Waals surface area contributed by atoms with Crippen LogP contribution in [0.3, 0.4) is 0 Å². The number of aromatic nitrogens is 2. The minimum absolute atomic E-state index is 0.1000. The van der Waals surface area contributed by atoms with Gasteiger partial charge in [0.05, 0.1) is 25.1 Å². The lowest BCUT2D eigenvalue weighted by Gasteiger charge is -2.23. The molecule has 0 bridgehead atoms. The number of hydrogen-bond donors (Lipinski definition) is 0. The largest absolute Gasteiger partial charge is 0.376 e. The van der Waals surface area contributed by atoms with Crippen molar-refractivity contribution in [3.63, 3.8) is 0 Å². The molecule has 1 saturated heterocycles. The summed E-state index contributed by atoms with van der Waals surface area (Å²) in [7, 11) is 3.76. The fourth-order valence-electron chi connectivity index (χ4n) is 1.77. The minimum Gasteiger partial charge on any atom is -0.376 e. The quantitative estimate of drug-likeness (QED) is 0.780. The molecule has 1 aliphatic rings. The highest BCUT2D eigenvalue weighted by Crippen LogP contribution is 2.09. The molecular weight excluding hydrogens is 234 g/mol. The molecule has 1 aromatic rings. The van der Waals surface area contributed by atoms with Crippen LogP contribution in [0.5, 0.6) is 0 Å². The van der Waals surface area contributed by atoms with Crippen molar-refractivity contribution in [3.05, 3.63) is 22.6 Å². The van der Waals surface area contributed by atoms with Gasteiger partial charge in [-0.1, -0.05) is 0 Å². The van der Waals surface area contributed by atoms with Gasteiger partial charge in [-0.2, -0.15) is 5.10 Å². The summed E-state index contributed by atoms with van der Waals surface area (Å²) < 4.78 is 12.3. The zero-order valence-electron chi connectivity index (χ0n) is 10.8. The van der Waals surface area contributed by atoms with E-state index in [1.807, 2.05) is 19.0 Å². The number of ether oxygens (including phenoxy) is 2. The highest BCUT2D eigenvalue weighted by molar-refractivity contribution is 5.40. The third kappa shape index (κ3) is 3.30. The average Bonchev–Trinajstić information content (AvgIpc) is 2.38. The van der Waals surface area contributed by atoms with Crippen LogP contribution < -0.4 is 10.5 Å². The molecule has 2 heterocycles. The van der Waals surface area contributed by atoms with Crippen LogP contribution in [0.15, 0.2) is 17.1 Å². The van der Waals surface area contributed by atoms with Crippen LogP contribution >= 0.6 is 0 Å². The van der Waals surface area contributed by atoms with Gasteiger partial charge >= 0.3 is 0 Å². The van der Waals surface area contributed by atoms with E-state index in [0.717, 1.165) is 25.3 Å². The van der Waals surface area contributed by atoms with Gasteiger partial charge in [0.2, 0.25) is 0 Å². The molecular formula is C12H19N3O3. The maximum absolute atomic E-state index is 11.8. The van der Waals surface area contributed by atoms with Crippen molar-refractivity contribution in [2.24, 2.45) is 0 Å². The molecule has 6 nitrogen and oxygen atoms in total. The topological polar surface area (TPSA) is 56.6 Å². The Morgan fingerprint density at radius 2 is 2.17 bits per heavy atom. The maximum Gasteiger partial charge on any atom is 0.268 e. The van der Waals surface area contributed by atoms with Gasteiger partial charge in [-0.15, -0.1) is 0 Å². The standard InChI is InChI=1S/C12H19N3O3/c1-14(2)10-8-11(16)15(13-9-10)5-4-12-17-6-3-7-18-12/h8-9,12H,3-7H2,1-2H3. The monoisotopic (exact) mass is 253 g/mol. The van der Waals surface area contributed by atoms with Gasteiger partial charge in [0.15, 0.2) is 6.29 Å². The average molecular weight is 253 g/mol. The highest BCUT2D eigenvalue weighted by Gasteiger charge is 2.14. The van der Waals surface area contributed by atoms with E-state index in [1.54, 1.807) is 12.3 Å². The Bertz CT molecular complexity index is 438. The van der Waals surface area contributed by atoms with Crippen LogP contribution in [0.1, 0.15) is 12.8 Å². The van der Waals surface area contributed by atoms with E-state index < -0.39 is 0 Å². The summed E-state index contributed by atoms with van der Waals surface area (Å²) >= 11 is 0. The summed E-state index contributed by atoms with van der Waals surface area (Å²) in [6.07, 6.45) is 3.06. The van der Waals surface area contributed by atoms with Gasteiger partial charge in [0.1, 0.15) is 0 Å². The number of anilines is 1. The molecule has 6 heteroatoms. The fraction of sp³-hybridized carbons (Fsp3) is 0.667. The third-order valence-electron chi connectivity index (χ3n) is 2.84. The molecule has 0 amide bonds. The summed E-state index contributed by atoms with van der Waals surface area (Å²) in [6.45, 7) is 1.97. The van der Waals surface area contributed by atoms with Crippen LogP contribution in [0.2, 0.25) is 0 Å². The highest BCUT2D eigenvalue weighted by atomic mass is 16.7. The molecule has 0 unspecified atom stereocenters. The van der Waals surface area contributed by atoms with Crippen molar-refractivity contribution >= 4 is 5.69 Å². The molecule has 18 heavy (non-hydrogen) atoms. The first-order chi connectivity index (χ1) is 8.66. The molecule has 1 aliphatic heterocycles. The number of aryl methyl sites for hydroxylation is 1. The first-order valence-electron chi connectivity index (χ1n) is 6.14. The first-order valence-corrected chi connectivity index (χ1v) is 6.14. The van der Waals surface area contributed by atoms with Crippen molar-refractivity contribution in [1.29, 1.82) is 0 Å². The number of nitrogens with zero attached hydrogens (tertiary/aromatic N) is 3. The SMILES string of the molecule is CN(C)c1cnn(CCC2OCCCO2)c(=O)c1. The molecule has 0 radical (unpaired) electrons. The maximum atomic E-state index is 11.8. The lowest BCUT2D eigenvalue weighted by Crippen LogP contribution is -2.29. The molecule has 0 spiro atoms. The molecule has 0 saturated carbocycles. The lowest BCUT2D eigenvalue weighted by atomic mass is 10.3. The first kappa shape index (κ1) is 13.0. The molecule has 0 aromatic carbocycles. The second kappa shape index (κ2) is 5.97. The second-order valence-electron chi connectivity index (χ2n) is 4.48. The second-order valence-corrected chi connectivity index (χ2v) is 4.48. The molecule has 1 fully saturated rings. The molecule has 0 atom stereocenters. The van der Waals surface area contributed by atoms with E-state index in [-0.39, 0.29) is 11.8 Å². The Labute approximate surface area is 106 Å². The summed E-state index contributed by atoms with van der Waals surface area (Å²) in [5, 5.41) is 4.14. The molecule has 2 rings (SSSR count). The van der Waals surface area contributed by atoms with Crippen molar-refractivity contribution in [2.75, 3.05) is 32.2 Å². The van der Waals surface area contributed by atoms with E-state index in [2.05, 4.69) is 5.10 Å². The van der Waals surface area contributed by atoms with E-state index in [1.165, 1.54) is 4.68 Å². The van der Waals surface area contributed by atoms with Crippen molar-refractivity contribution in [1.82, 2.24) is 9.78 Å². The fourth-order valence-corrected chi connectivity index (χ4v) is 1.77. The third-order valence-corrected chi connectivity index (χ3v) is 2.84. The predicted octanol–water partition coefficient (Wildman–Crippen LogP) is 0.462. The molecule has 0 N–H and O–H groups in total. The normalized spacial score (nSPS) is 16.8. The van der Waals surface area contributed by atoms with Crippen LogP contribution in [0.4, 0.5) is 5.69 Å². The summed E-state index contributed by atoms with van der Waals surface area (Å²) in [6, 6.07) is 1.58. The van der Waals surface area contributed by atoms with Gasteiger partial charge in [-0.05, 0) is 6.42 Å². The number of hydrogen-bond acceptors (Lipinski definition) is 5. The van der Waals surface area contributed by atoms with E-state index >= 15 is 0 Å².